The number of hydrogen-bond acceptors (Lipinski definition) is 4. The van der Waals surface area contributed by atoms with Gasteiger partial charge in [-0.1, -0.05) is 48.7 Å². The molecule has 0 saturated heterocycles. The quantitative estimate of drug-likeness (QED) is 0.418. The minimum absolute atomic E-state index is 0.253. The number of rotatable bonds is 10. The standard InChI is InChI=1S/C22H25Cl2N3O3/c1-3-5-16-6-8-17(9-7-16)29-14-18-10-11-19(30-18)22(28)25-12-4-13-27-21(24)20(23)15(2)26-27/h6-11H,3-5,12-14H2,1-2H3,(H,25,28). The third kappa shape index (κ3) is 5.80. The van der Waals surface area contributed by atoms with Crippen LogP contribution in [0.2, 0.25) is 10.2 Å². The van der Waals surface area contributed by atoms with Crippen LogP contribution in [0.1, 0.15) is 47.3 Å². The van der Waals surface area contributed by atoms with E-state index in [9.17, 15) is 4.79 Å². The largest absolute Gasteiger partial charge is 0.486 e. The van der Waals surface area contributed by atoms with E-state index in [1.165, 1.54) is 5.56 Å². The first kappa shape index (κ1) is 22.2. The highest BCUT2D eigenvalue weighted by Crippen LogP contribution is 2.25. The number of benzene rings is 1. The lowest BCUT2D eigenvalue weighted by Gasteiger charge is -2.06. The summed E-state index contributed by atoms with van der Waals surface area (Å²) in [6, 6.07) is 11.4. The molecule has 160 valence electrons. The monoisotopic (exact) mass is 449 g/mol. The van der Waals surface area contributed by atoms with Gasteiger partial charge in [-0.05, 0) is 49.6 Å². The number of furan rings is 1. The van der Waals surface area contributed by atoms with Crippen LogP contribution in [0.4, 0.5) is 0 Å². The van der Waals surface area contributed by atoms with Crippen LogP contribution in [-0.2, 0) is 19.6 Å². The van der Waals surface area contributed by atoms with E-state index in [1.54, 1.807) is 23.7 Å². The van der Waals surface area contributed by atoms with Gasteiger partial charge in [-0.15, -0.1) is 0 Å². The molecule has 1 amide bonds. The number of hydrogen-bond donors (Lipinski definition) is 1. The number of nitrogens with zero attached hydrogens (tertiary/aromatic N) is 2. The molecule has 3 aromatic rings. The highest BCUT2D eigenvalue weighted by Gasteiger charge is 2.13. The molecule has 0 aliphatic carbocycles. The van der Waals surface area contributed by atoms with Crippen molar-refractivity contribution in [3.05, 3.63) is 69.4 Å². The molecule has 0 unspecified atom stereocenters. The fraction of sp³-hybridized carbons (Fsp3) is 0.364. The molecule has 2 aromatic heterocycles. The van der Waals surface area contributed by atoms with Crippen LogP contribution < -0.4 is 10.1 Å². The molecule has 1 N–H and O–H groups in total. The average Bonchev–Trinajstić information content (AvgIpc) is 3.32. The van der Waals surface area contributed by atoms with Crippen molar-refractivity contribution < 1.29 is 13.9 Å². The molecule has 6 nitrogen and oxygen atoms in total. The molecule has 0 aliphatic rings. The number of aromatic nitrogens is 2. The summed E-state index contributed by atoms with van der Waals surface area (Å²) in [6.45, 7) is 5.23. The van der Waals surface area contributed by atoms with Gasteiger partial charge >= 0.3 is 0 Å². The SMILES string of the molecule is CCCc1ccc(OCc2ccc(C(=O)NCCCn3nc(C)c(Cl)c3Cl)o2)cc1. The van der Waals surface area contributed by atoms with Gasteiger partial charge in [-0.3, -0.25) is 9.48 Å². The van der Waals surface area contributed by atoms with Crippen molar-refractivity contribution in [3.8, 4) is 5.75 Å². The number of aryl methyl sites for hydroxylation is 3. The van der Waals surface area contributed by atoms with Crippen LogP contribution in [0.15, 0.2) is 40.8 Å². The Labute approximate surface area is 186 Å². The lowest BCUT2D eigenvalue weighted by Crippen LogP contribution is -2.25. The van der Waals surface area contributed by atoms with Crippen molar-refractivity contribution in [2.24, 2.45) is 0 Å². The molecule has 3 rings (SSSR count). The second-order valence-electron chi connectivity index (χ2n) is 6.97. The molecular weight excluding hydrogens is 425 g/mol. The second kappa shape index (κ2) is 10.5. The van der Waals surface area contributed by atoms with Crippen LogP contribution in [0.25, 0.3) is 0 Å². The van der Waals surface area contributed by atoms with Crippen molar-refractivity contribution in [2.45, 2.75) is 46.3 Å². The third-order valence-corrected chi connectivity index (χ3v) is 5.49. The first-order valence-corrected chi connectivity index (χ1v) is 10.7. The highest BCUT2D eigenvalue weighted by atomic mass is 35.5. The van der Waals surface area contributed by atoms with E-state index in [0.29, 0.717) is 41.1 Å². The number of halogens is 2. The molecule has 30 heavy (non-hydrogen) atoms. The summed E-state index contributed by atoms with van der Waals surface area (Å²) in [6.07, 6.45) is 2.83. The Morgan fingerprint density at radius 2 is 1.97 bits per heavy atom. The normalized spacial score (nSPS) is 10.9. The van der Waals surface area contributed by atoms with E-state index in [1.807, 2.05) is 12.1 Å². The summed E-state index contributed by atoms with van der Waals surface area (Å²) in [5.74, 6) is 1.34. The summed E-state index contributed by atoms with van der Waals surface area (Å²) >= 11 is 12.1. The van der Waals surface area contributed by atoms with Crippen LogP contribution in [0, 0.1) is 6.92 Å². The molecule has 0 aliphatic heterocycles. The summed E-state index contributed by atoms with van der Waals surface area (Å²) in [5.41, 5.74) is 1.97. The summed E-state index contributed by atoms with van der Waals surface area (Å²) in [4.78, 5) is 12.3. The van der Waals surface area contributed by atoms with Crippen molar-refractivity contribution in [3.63, 3.8) is 0 Å². The van der Waals surface area contributed by atoms with Gasteiger partial charge in [-0.25, -0.2) is 0 Å². The van der Waals surface area contributed by atoms with E-state index in [-0.39, 0.29) is 18.3 Å². The van der Waals surface area contributed by atoms with Crippen molar-refractivity contribution in [1.82, 2.24) is 15.1 Å². The molecule has 1 aromatic carbocycles. The van der Waals surface area contributed by atoms with E-state index in [0.717, 1.165) is 18.6 Å². The molecule has 0 bridgehead atoms. The Morgan fingerprint density at radius 3 is 2.63 bits per heavy atom. The van der Waals surface area contributed by atoms with Gasteiger partial charge in [0.15, 0.2) is 5.76 Å². The molecule has 8 heteroatoms. The zero-order chi connectivity index (χ0) is 21.5. The van der Waals surface area contributed by atoms with Gasteiger partial charge in [-0.2, -0.15) is 5.10 Å². The van der Waals surface area contributed by atoms with Crippen molar-refractivity contribution in [2.75, 3.05) is 6.54 Å². The summed E-state index contributed by atoms with van der Waals surface area (Å²) < 4.78 is 12.9. The van der Waals surface area contributed by atoms with E-state index in [4.69, 9.17) is 32.4 Å². The second-order valence-corrected chi connectivity index (χ2v) is 7.71. The number of carbonyl (C=O) groups is 1. The van der Waals surface area contributed by atoms with Crippen molar-refractivity contribution in [1.29, 1.82) is 0 Å². The Morgan fingerprint density at radius 1 is 1.20 bits per heavy atom. The van der Waals surface area contributed by atoms with Gasteiger partial charge in [0.2, 0.25) is 0 Å². The third-order valence-electron chi connectivity index (χ3n) is 4.56. The summed E-state index contributed by atoms with van der Waals surface area (Å²) in [7, 11) is 0. The van der Waals surface area contributed by atoms with Crippen LogP contribution in [-0.4, -0.2) is 22.2 Å². The Hall–Kier alpha value is -2.44. The van der Waals surface area contributed by atoms with Crippen LogP contribution >= 0.6 is 23.2 Å². The number of carbonyl (C=O) groups excluding carboxylic acids is 1. The fourth-order valence-corrected chi connectivity index (χ4v) is 3.36. The number of amides is 1. The fourth-order valence-electron chi connectivity index (χ4n) is 2.97. The topological polar surface area (TPSA) is 69.3 Å². The molecule has 0 saturated carbocycles. The minimum Gasteiger partial charge on any atom is -0.486 e. The first-order valence-electron chi connectivity index (χ1n) is 9.95. The molecule has 2 heterocycles. The van der Waals surface area contributed by atoms with E-state index < -0.39 is 0 Å². The maximum atomic E-state index is 12.3. The van der Waals surface area contributed by atoms with Crippen molar-refractivity contribution >= 4 is 29.1 Å². The molecule has 0 spiro atoms. The predicted molar refractivity (Wildman–Crippen MR) is 117 cm³/mol. The minimum atomic E-state index is -0.272. The molecule has 0 atom stereocenters. The maximum Gasteiger partial charge on any atom is 0.286 e. The Bertz CT molecular complexity index is 980. The Balaban J connectivity index is 1.42. The van der Waals surface area contributed by atoms with Crippen LogP contribution in [0.3, 0.4) is 0 Å². The van der Waals surface area contributed by atoms with Gasteiger partial charge < -0.3 is 14.5 Å². The van der Waals surface area contributed by atoms with E-state index >= 15 is 0 Å². The lowest BCUT2D eigenvalue weighted by molar-refractivity contribution is 0.0921. The highest BCUT2D eigenvalue weighted by molar-refractivity contribution is 6.41. The Kier molecular flexibility index (Phi) is 7.82. The van der Waals surface area contributed by atoms with E-state index in [2.05, 4.69) is 29.5 Å². The zero-order valence-corrected chi connectivity index (χ0v) is 18.6. The van der Waals surface area contributed by atoms with Crippen LogP contribution in [0.5, 0.6) is 5.75 Å². The predicted octanol–water partition coefficient (Wildman–Crippen LogP) is 5.44. The number of ether oxygens (including phenoxy) is 1. The smallest absolute Gasteiger partial charge is 0.286 e. The summed E-state index contributed by atoms with van der Waals surface area (Å²) in [5, 5.41) is 7.95. The first-order chi connectivity index (χ1) is 14.5. The van der Waals surface area contributed by atoms with Gasteiger partial charge in [0.25, 0.3) is 5.91 Å². The average molecular weight is 450 g/mol. The molecule has 0 fully saturated rings. The molecular formula is C22H25Cl2N3O3. The number of nitrogens with one attached hydrogen (secondary N) is 1. The van der Waals surface area contributed by atoms with Gasteiger partial charge in [0, 0.05) is 13.1 Å². The maximum absolute atomic E-state index is 12.3. The lowest BCUT2D eigenvalue weighted by atomic mass is 10.1. The molecule has 0 radical (unpaired) electrons. The van der Waals surface area contributed by atoms with Gasteiger partial charge in [0.05, 0.1) is 5.69 Å². The van der Waals surface area contributed by atoms with Gasteiger partial charge in [0.1, 0.15) is 28.3 Å². The zero-order valence-electron chi connectivity index (χ0n) is 17.1.